The second kappa shape index (κ2) is 53.0. The van der Waals surface area contributed by atoms with Crippen LogP contribution in [0.15, 0.2) is 48.6 Å². The quantitative estimate of drug-likeness (QED) is 0.0262. The molecule has 0 bridgehead atoms. The van der Waals surface area contributed by atoms with E-state index in [9.17, 15) is 14.4 Å². The van der Waals surface area contributed by atoms with Crippen molar-refractivity contribution < 1.29 is 28.6 Å². The van der Waals surface area contributed by atoms with Crippen molar-refractivity contribution >= 4 is 17.9 Å². The summed E-state index contributed by atoms with van der Waals surface area (Å²) >= 11 is 0. The lowest BCUT2D eigenvalue weighted by Crippen LogP contribution is -2.30. The van der Waals surface area contributed by atoms with Crippen molar-refractivity contribution in [2.75, 3.05) is 13.2 Å². The Morgan fingerprint density at radius 1 is 0.328 bits per heavy atom. The van der Waals surface area contributed by atoms with Gasteiger partial charge in [0.2, 0.25) is 0 Å². The summed E-state index contributed by atoms with van der Waals surface area (Å²) in [5.41, 5.74) is 0. The van der Waals surface area contributed by atoms with Crippen LogP contribution in [0.3, 0.4) is 0 Å². The first-order valence-corrected chi connectivity index (χ1v) is 27.7. The van der Waals surface area contributed by atoms with Crippen LogP contribution in [0.4, 0.5) is 0 Å². The lowest BCUT2D eigenvalue weighted by molar-refractivity contribution is -0.167. The molecule has 64 heavy (non-hydrogen) atoms. The van der Waals surface area contributed by atoms with Gasteiger partial charge in [0.1, 0.15) is 13.2 Å². The first-order chi connectivity index (χ1) is 31.5. The molecule has 0 aliphatic rings. The topological polar surface area (TPSA) is 78.9 Å². The smallest absolute Gasteiger partial charge is 0.306 e. The highest BCUT2D eigenvalue weighted by atomic mass is 16.6. The molecule has 0 saturated heterocycles. The maximum atomic E-state index is 12.8. The molecule has 0 fully saturated rings. The van der Waals surface area contributed by atoms with E-state index in [1.165, 1.54) is 161 Å². The van der Waals surface area contributed by atoms with Crippen LogP contribution < -0.4 is 0 Å². The first kappa shape index (κ1) is 61.4. The van der Waals surface area contributed by atoms with E-state index < -0.39 is 6.10 Å². The largest absolute Gasteiger partial charge is 0.462 e. The zero-order valence-corrected chi connectivity index (χ0v) is 42.6. The average molecular weight is 897 g/mol. The van der Waals surface area contributed by atoms with Gasteiger partial charge >= 0.3 is 17.9 Å². The van der Waals surface area contributed by atoms with Crippen LogP contribution in [0.25, 0.3) is 0 Å². The fraction of sp³-hybridized carbons (Fsp3) is 0.810. The SMILES string of the molecule is CC\C=C/C=C\C=C/C=C\CCCCCCCC(=O)OC(COC(=O)CCCCCCCCCCCCCCCCC)COC(=O)CCCCCCCCCCCCCCCCCC. The third kappa shape index (κ3) is 50.4. The third-order valence-corrected chi connectivity index (χ3v) is 12.2. The molecular weight excluding hydrogens is 793 g/mol. The molecule has 6 heteroatoms. The van der Waals surface area contributed by atoms with Gasteiger partial charge in [-0.25, -0.2) is 0 Å². The molecule has 0 heterocycles. The Morgan fingerprint density at radius 3 is 0.953 bits per heavy atom. The zero-order valence-electron chi connectivity index (χ0n) is 42.6. The van der Waals surface area contributed by atoms with Crippen LogP contribution >= 0.6 is 0 Å². The normalized spacial score (nSPS) is 12.4. The van der Waals surface area contributed by atoms with Crippen molar-refractivity contribution in [1.29, 1.82) is 0 Å². The Morgan fingerprint density at radius 2 is 0.609 bits per heavy atom. The van der Waals surface area contributed by atoms with Gasteiger partial charge < -0.3 is 14.2 Å². The number of esters is 3. The molecule has 0 rings (SSSR count). The van der Waals surface area contributed by atoms with Crippen LogP contribution in [-0.2, 0) is 28.6 Å². The molecule has 0 aliphatic carbocycles. The van der Waals surface area contributed by atoms with Gasteiger partial charge in [-0.2, -0.15) is 0 Å². The van der Waals surface area contributed by atoms with Gasteiger partial charge in [0.15, 0.2) is 6.10 Å². The predicted octanol–water partition coefficient (Wildman–Crippen LogP) is 18.3. The van der Waals surface area contributed by atoms with Gasteiger partial charge in [0, 0.05) is 19.3 Å². The number of ether oxygens (including phenoxy) is 3. The maximum absolute atomic E-state index is 12.8. The highest BCUT2D eigenvalue weighted by Crippen LogP contribution is 2.17. The molecule has 0 aliphatic heterocycles. The van der Waals surface area contributed by atoms with Gasteiger partial charge in [-0.15, -0.1) is 0 Å². The molecule has 1 unspecified atom stereocenters. The number of allylic oxidation sites excluding steroid dienone is 8. The van der Waals surface area contributed by atoms with Crippen LogP contribution in [0.1, 0.15) is 284 Å². The summed E-state index contributed by atoms with van der Waals surface area (Å²) in [4.78, 5) is 38.1. The Bertz CT molecular complexity index is 1120. The number of rotatable bonds is 50. The summed E-state index contributed by atoms with van der Waals surface area (Å²) < 4.78 is 16.8. The second-order valence-electron chi connectivity index (χ2n) is 18.6. The Labute approximate surface area is 397 Å². The molecule has 0 aromatic heterocycles. The highest BCUT2D eigenvalue weighted by Gasteiger charge is 2.19. The molecule has 0 N–H and O–H groups in total. The summed E-state index contributed by atoms with van der Waals surface area (Å²) in [7, 11) is 0. The average Bonchev–Trinajstić information content (AvgIpc) is 3.29. The monoisotopic (exact) mass is 897 g/mol. The minimum absolute atomic E-state index is 0.0788. The van der Waals surface area contributed by atoms with E-state index in [-0.39, 0.29) is 31.1 Å². The standard InChI is InChI=1S/C58H104O6/c1-4-7-10-13-16-19-22-25-28-31-33-36-39-42-45-48-51-57(60)63-54-55(64-58(61)52-49-46-43-40-37-34-30-27-24-21-18-15-12-9-6-3)53-62-56(59)50-47-44-41-38-35-32-29-26-23-20-17-14-11-8-5-2/h9,12,15,18,21,24,27,30,55H,4-8,10-11,13-14,16-17,19-20,22-23,25-26,28-29,31-54H2,1-3H3/b12-9-,18-15-,24-21-,30-27-. The van der Waals surface area contributed by atoms with Gasteiger partial charge in [0.05, 0.1) is 0 Å². The number of hydrogen-bond acceptors (Lipinski definition) is 6. The molecule has 6 nitrogen and oxygen atoms in total. The fourth-order valence-corrected chi connectivity index (χ4v) is 8.04. The van der Waals surface area contributed by atoms with Crippen molar-refractivity contribution in [2.45, 2.75) is 290 Å². The van der Waals surface area contributed by atoms with Gasteiger partial charge in [-0.3, -0.25) is 14.4 Å². The maximum Gasteiger partial charge on any atom is 0.306 e. The van der Waals surface area contributed by atoms with E-state index in [0.29, 0.717) is 19.3 Å². The number of carbonyl (C=O) groups excluding carboxylic acids is 3. The minimum Gasteiger partial charge on any atom is -0.462 e. The molecule has 0 radical (unpaired) electrons. The molecule has 0 aromatic carbocycles. The lowest BCUT2D eigenvalue weighted by atomic mass is 10.0. The lowest BCUT2D eigenvalue weighted by Gasteiger charge is -2.18. The van der Waals surface area contributed by atoms with Gasteiger partial charge in [0.25, 0.3) is 0 Å². The third-order valence-electron chi connectivity index (χ3n) is 12.2. The van der Waals surface area contributed by atoms with Gasteiger partial charge in [-0.1, -0.05) is 275 Å². The van der Waals surface area contributed by atoms with E-state index in [1.807, 2.05) is 18.2 Å². The first-order valence-electron chi connectivity index (χ1n) is 27.7. The zero-order chi connectivity index (χ0) is 46.5. The Kier molecular flexibility index (Phi) is 50.8. The predicted molar refractivity (Wildman–Crippen MR) is 275 cm³/mol. The van der Waals surface area contributed by atoms with Crippen LogP contribution in [-0.4, -0.2) is 37.2 Å². The van der Waals surface area contributed by atoms with Crippen molar-refractivity contribution in [3.05, 3.63) is 48.6 Å². The number of carbonyl (C=O) groups is 3. The molecule has 0 aromatic rings. The molecule has 0 spiro atoms. The van der Waals surface area contributed by atoms with E-state index in [0.717, 1.165) is 83.5 Å². The molecule has 372 valence electrons. The van der Waals surface area contributed by atoms with Crippen molar-refractivity contribution in [1.82, 2.24) is 0 Å². The summed E-state index contributed by atoms with van der Waals surface area (Å²) in [5.74, 6) is -0.887. The summed E-state index contributed by atoms with van der Waals surface area (Å²) in [5, 5.41) is 0. The van der Waals surface area contributed by atoms with Crippen LogP contribution in [0.2, 0.25) is 0 Å². The number of hydrogen-bond donors (Lipinski definition) is 0. The molecule has 1 atom stereocenters. The molecule has 0 amide bonds. The number of unbranched alkanes of at least 4 members (excludes halogenated alkanes) is 34. The van der Waals surface area contributed by atoms with E-state index >= 15 is 0 Å². The summed E-state index contributed by atoms with van der Waals surface area (Å²) in [6, 6.07) is 0. The van der Waals surface area contributed by atoms with Crippen LogP contribution in [0, 0.1) is 0 Å². The second-order valence-corrected chi connectivity index (χ2v) is 18.6. The van der Waals surface area contributed by atoms with Gasteiger partial charge in [-0.05, 0) is 38.5 Å². The van der Waals surface area contributed by atoms with E-state index in [1.54, 1.807) is 0 Å². The van der Waals surface area contributed by atoms with E-state index in [2.05, 4.69) is 51.2 Å². The molecule has 0 saturated carbocycles. The van der Waals surface area contributed by atoms with Crippen molar-refractivity contribution in [3.8, 4) is 0 Å². The highest BCUT2D eigenvalue weighted by molar-refractivity contribution is 5.71. The fourth-order valence-electron chi connectivity index (χ4n) is 8.04. The summed E-state index contributed by atoms with van der Waals surface area (Å²) in [6.45, 7) is 6.52. The summed E-state index contributed by atoms with van der Waals surface area (Å²) in [6.07, 6.45) is 63.8. The van der Waals surface area contributed by atoms with E-state index in [4.69, 9.17) is 14.2 Å². The van der Waals surface area contributed by atoms with Crippen LogP contribution in [0.5, 0.6) is 0 Å². The Balaban J connectivity index is 4.37. The Hall–Kier alpha value is -2.63. The minimum atomic E-state index is -0.781. The van der Waals surface area contributed by atoms with Crippen molar-refractivity contribution in [2.24, 2.45) is 0 Å². The van der Waals surface area contributed by atoms with Crippen molar-refractivity contribution in [3.63, 3.8) is 0 Å². The molecular formula is C58H104O6.